The SMILES string of the molecule is CCc1ccccc1NC(=O)COC(=O)c1cc(=O)c2cc(Cl)ccc2o1. The molecule has 3 rings (SSSR count). The Bertz CT molecular complexity index is 1070. The van der Waals surface area contributed by atoms with Crippen molar-refractivity contribution in [3.8, 4) is 0 Å². The van der Waals surface area contributed by atoms with Crippen LogP contribution in [0, 0.1) is 0 Å². The van der Waals surface area contributed by atoms with Crippen LogP contribution in [0.5, 0.6) is 0 Å². The van der Waals surface area contributed by atoms with E-state index in [-0.39, 0.29) is 16.7 Å². The summed E-state index contributed by atoms with van der Waals surface area (Å²) in [5.41, 5.74) is 1.42. The lowest BCUT2D eigenvalue weighted by Gasteiger charge is -2.10. The van der Waals surface area contributed by atoms with Crippen LogP contribution < -0.4 is 10.7 Å². The molecule has 1 aromatic heterocycles. The van der Waals surface area contributed by atoms with Crippen molar-refractivity contribution in [2.75, 3.05) is 11.9 Å². The van der Waals surface area contributed by atoms with Crippen molar-refractivity contribution < 1.29 is 18.7 Å². The molecule has 0 aliphatic carbocycles. The maximum absolute atomic E-state index is 12.1. The number of hydrogen-bond acceptors (Lipinski definition) is 5. The largest absolute Gasteiger partial charge is 0.450 e. The van der Waals surface area contributed by atoms with Crippen molar-refractivity contribution >= 4 is 40.1 Å². The Morgan fingerprint density at radius 3 is 2.70 bits per heavy atom. The molecule has 0 saturated heterocycles. The van der Waals surface area contributed by atoms with Crippen molar-refractivity contribution in [1.82, 2.24) is 0 Å². The van der Waals surface area contributed by atoms with Crippen LogP contribution in [0.1, 0.15) is 23.0 Å². The second kappa shape index (κ2) is 8.05. The van der Waals surface area contributed by atoms with E-state index in [4.69, 9.17) is 20.8 Å². The average molecular weight is 386 g/mol. The maximum Gasteiger partial charge on any atom is 0.374 e. The summed E-state index contributed by atoms with van der Waals surface area (Å²) in [4.78, 5) is 36.3. The van der Waals surface area contributed by atoms with Gasteiger partial charge in [0.1, 0.15) is 5.58 Å². The summed E-state index contributed by atoms with van der Waals surface area (Å²) in [5.74, 6) is -1.67. The molecule has 0 aliphatic heterocycles. The number of rotatable bonds is 5. The van der Waals surface area contributed by atoms with E-state index in [2.05, 4.69) is 5.32 Å². The minimum absolute atomic E-state index is 0.208. The van der Waals surface area contributed by atoms with Gasteiger partial charge in [0.25, 0.3) is 5.91 Å². The monoisotopic (exact) mass is 385 g/mol. The van der Waals surface area contributed by atoms with E-state index in [0.717, 1.165) is 18.1 Å². The first kappa shape index (κ1) is 18.7. The summed E-state index contributed by atoms with van der Waals surface area (Å²) in [5, 5.41) is 3.33. The van der Waals surface area contributed by atoms with Gasteiger partial charge in [-0.25, -0.2) is 4.79 Å². The standard InChI is InChI=1S/C20H16ClNO5/c1-2-12-5-3-4-6-15(12)22-19(24)11-26-20(25)18-10-16(23)14-9-13(21)7-8-17(14)27-18/h3-10H,2,11H2,1H3,(H,22,24). The third-order valence-corrected chi connectivity index (χ3v) is 4.13. The van der Waals surface area contributed by atoms with Crippen molar-refractivity contribution in [2.24, 2.45) is 0 Å². The zero-order chi connectivity index (χ0) is 19.4. The molecule has 0 spiro atoms. The van der Waals surface area contributed by atoms with Crippen LogP contribution in [0.15, 0.2) is 57.7 Å². The van der Waals surface area contributed by atoms with Crippen molar-refractivity contribution in [3.05, 3.63) is 75.1 Å². The molecule has 0 bridgehead atoms. The summed E-state index contributed by atoms with van der Waals surface area (Å²) in [6.07, 6.45) is 0.752. The molecule has 1 amide bonds. The lowest BCUT2D eigenvalue weighted by molar-refractivity contribution is -0.119. The highest BCUT2D eigenvalue weighted by molar-refractivity contribution is 6.31. The van der Waals surface area contributed by atoms with Gasteiger partial charge in [-0.3, -0.25) is 9.59 Å². The van der Waals surface area contributed by atoms with Crippen LogP contribution >= 0.6 is 11.6 Å². The minimum atomic E-state index is -0.900. The molecule has 2 aromatic carbocycles. The number of fused-ring (bicyclic) bond motifs is 1. The van der Waals surface area contributed by atoms with Gasteiger partial charge in [-0.1, -0.05) is 36.7 Å². The molecule has 6 nitrogen and oxygen atoms in total. The number of anilines is 1. The van der Waals surface area contributed by atoms with E-state index in [1.165, 1.54) is 12.1 Å². The molecule has 0 aliphatic rings. The topological polar surface area (TPSA) is 85.6 Å². The quantitative estimate of drug-likeness (QED) is 0.675. The fourth-order valence-electron chi connectivity index (χ4n) is 2.57. The predicted molar refractivity (Wildman–Crippen MR) is 102 cm³/mol. The number of halogens is 1. The number of esters is 1. The number of aryl methyl sites for hydroxylation is 1. The summed E-state index contributed by atoms with van der Waals surface area (Å²) in [6.45, 7) is 1.47. The Balaban J connectivity index is 1.69. The van der Waals surface area contributed by atoms with Crippen LogP contribution in [0.2, 0.25) is 5.02 Å². The maximum atomic E-state index is 12.1. The smallest absolute Gasteiger partial charge is 0.374 e. The highest BCUT2D eigenvalue weighted by atomic mass is 35.5. The average Bonchev–Trinajstić information content (AvgIpc) is 2.67. The Morgan fingerprint density at radius 1 is 1.15 bits per heavy atom. The van der Waals surface area contributed by atoms with Crippen molar-refractivity contribution in [1.29, 1.82) is 0 Å². The second-order valence-corrected chi connectivity index (χ2v) is 6.19. The van der Waals surface area contributed by atoms with Gasteiger partial charge in [0, 0.05) is 16.8 Å². The Kier molecular flexibility index (Phi) is 5.57. The van der Waals surface area contributed by atoms with Crippen LogP contribution in [0.3, 0.4) is 0 Å². The predicted octanol–water partition coefficient (Wildman–Crippen LogP) is 3.80. The number of carbonyl (C=O) groups excluding carboxylic acids is 2. The number of amides is 1. The zero-order valence-electron chi connectivity index (χ0n) is 14.5. The van der Waals surface area contributed by atoms with Crippen LogP contribution in [-0.2, 0) is 16.0 Å². The Labute approximate surface area is 159 Å². The van der Waals surface area contributed by atoms with E-state index >= 15 is 0 Å². The van der Waals surface area contributed by atoms with Crippen molar-refractivity contribution in [2.45, 2.75) is 13.3 Å². The number of carbonyl (C=O) groups is 2. The molecule has 1 heterocycles. The van der Waals surface area contributed by atoms with E-state index in [1.807, 2.05) is 19.1 Å². The van der Waals surface area contributed by atoms with E-state index in [0.29, 0.717) is 10.7 Å². The van der Waals surface area contributed by atoms with E-state index in [9.17, 15) is 14.4 Å². The molecule has 0 atom stereocenters. The van der Waals surface area contributed by atoms with Gasteiger partial charge in [0.2, 0.25) is 5.76 Å². The molecule has 0 saturated carbocycles. The van der Waals surface area contributed by atoms with Gasteiger partial charge in [0.15, 0.2) is 12.0 Å². The normalized spacial score (nSPS) is 10.6. The lowest BCUT2D eigenvalue weighted by atomic mass is 10.1. The Hall–Kier alpha value is -3.12. The first-order valence-electron chi connectivity index (χ1n) is 8.26. The first-order chi connectivity index (χ1) is 13.0. The van der Waals surface area contributed by atoms with Crippen molar-refractivity contribution in [3.63, 3.8) is 0 Å². The molecule has 3 aromatic rings. The number of ether oxygens (including phenoxy) is 1. The van der Waals surface area contributed by atoms with Crippen LogP contribution in [-0.4, -0.2) is 18.5 Å². The number of para-hydroxylation sites is 1. The summed E-state index contributed by atoms with van der Waals surface area (Å²) < 4.78 is 10.3. The Morgan fingerprint density at radius 2 is 1.93 bits per heavy atom. The fourth-order valence-corrected chi connectivity index (χ4v) is 2.74. The highest BCUT2D eigenvalue weighted by Gasteiger charge is 2.16. The highest BCUT2D eigenvalue weighted by Crippen LogP contribution is 2.18. The zero-order valence-corrected chi connectivity index (χ0v) is 15.2. The molecule has 0 radical (unpaired) electrons. The molecular formula is C20H16ClNO5. The first-order valence-corrected chi connectivity index (χ1v) is 8.64. The fraction of sp³-hybridized carbons (Fsp3) is 0.150. The van der Waals surface area contributed by atoms with E-state index < -0.39 is 23.9 Å². The van der Waals surface area contributed by atoms with Gasteiger partial charge in [-0.05, 0) is 36.2 Å². The van der Waals surface area contributed by atoms with Gasteiger partial charge < -0.3 is 14.5 Å². The molecule has 138 valence electrons. The number of hydrogen-bond donors (Lipinski definition) is 1. The second-order valence-electron chi connectivity index (χ2n) is 5.75. The van der Waals surface area contributed by atoms with Gasteiger partial charge in [-0.2, -0.15) is 0 Å². The van der Waals surface area contributed by atoms with Gasteiger partial charge >= 0.3 is 5.97 Å². The van der Waals surface area contributed by atoms with Crippen LogP contribution in [0.4, 0.5) is 5.69 Å². The summed E-state index contributed by atoms with van der Waals surface area (Å²) in [6, 6.07) is 12.9. The molecule has 7 heteroatoms. The molecular weight excluding hydrogens is 370 g/mol. The van der Waals surface area contributed by atoms with E-state index in [1.54, 1.807) is 18.2 Å². The molecule has 0 fully saturated rings. The molecule has 27 heavy (non-hydrogen) atoms. The third kappa shape index (κ3) is 4.35. The number of nitrogens with one attached hydrogen (secondary N) is 1. The third-order valence-electron chi connectivity index (χ3n) is 3.90. The van der Waals surface area contributed by atoms with Gasteiger partial charge in [0.05, 0.1) is 5.39 Å². The van der Waals surface area contributed by atoms with Gasteiger partial charge in [-0.15, -0.1) is 0 Å². The summed E-state index contributed by atoms with van der Waals surface area (Å²) in [7, 11) is 0. The molecule has 0 unspecified atom stereocenters. The lowest BCUT2D eigenvalue weighted by Crippen LogP contribution is -2.22. The minimum Gasteiger partial charge on any atom is -0.450 e. The molecule has 1 N–H and O–H groups in total. The summed E-state index contributed by atoms with van der Waals surface area (Å²) >= 11 is 5.85. The number of benzene rings is 2. The van der Waals surface area contributed by atoms with Crippen LogP contribution in [0.25, 0.3) is 11.0 Å².